The average molecular weight is 429 g/mol. The number of ether oxygens (including phenoxy) is 1. The third kappa shape index (κ3) is 6.28. The summed E-state index contributed by atoms with van der Waals surface area (Å²) in [7, 11) is 0. The van der Waals surface area contributed by atoms with Gasteiger partial charge in [-0.05, 0) is 69.9 Å². The number of hydrogen-bond acceptors (Lipinski definition) is 6. The van der Waals surface area contributed by atoms with Crippen LogP contribution in [0.15, 0.2) is 36.4 Å². The Bertz CT molecular complexity index is 997. The zero-order valence-corrected chi connectivity index (χ0v) is 18.0. The van der Waals surface area contributed by atoms with Gasteiger partial charge in [0.25, 0.3) is 0 Å². The van der Waals surface area contributed by atoms with E-state index in [9.17, 15) is 29.9 Å². The number of carboxylic acids is 1. The predicted molar refractivity (Wildman–Crippen MR) is 115 cm³/mol. The summed E-state index contributed by atoms with van der Waals surface area (Å²) in [6, 6.07) is 9.15. The number of Topliss-reactive ketones (excluding diaryl/α,β-unsaturated/α-hetero) is 1. The topological polar surface area (TPSA) is 127 Å². The Hall–Kier alpha value is -3.42. The summed E-state index contributed by atoms with van der Waals surface area (Å²) in [5.74, 6) is -1.26. The van der Waals surface area contributed by atoms with Crippen LogP contribution in [0.1, 0.15) is 54.6 Å². The smallest absolute Gasteiger partial charge is 0.311 e. The number of carboxylic acid groups (broad SMARTS) is 1. The van der Waals surface area contributed by atoms with E-state index in [0.717, 1.165) is 23.3 Å². The number of nitro groups is 1. The molecule has 8 nitrogen and oxygen atoms in total. The molecule has 31 heavy (non-hydrogen) atoms. The van der Waals surface area contributed by atoms with Crippen molar-refractivity contribution in [2.24, 2.45) is 5.41 Å². The van der Waals surface area contributed by atoms with Crippen LogP contribution in [-0.4, -0.2) is 33.0 Å². The second-order valence-electron chi connectivity index (χ2n) is 8.32. The van der Waals surface area contributed by atoms with Crippen LogP contribution >= 0.6 is 0 Å². The average Bonchev–Trinajstić information content (AvgIpc) is 2.68. The van der Waals surface area contributed by atoms with Gasteiger partial charge >= 0.3 is 11.7 Å². The Morgan fingerprint density at radius 1 is 1.16 bits per heavy atom. The second-order valence-corrected chi connectivity index (χ2v) is 8.32. The molecule has 0 spiro atoms. The number of carbonyl (C=O) groups excluding carboxylic acids is 1. The molecule has 0 aliphatic rings. The number of phenolic OH excluding ortho intramolecular Hbond substituents is 1. The monoisotopic (exact) mass is 429 g/mol. The fourth-order valence-electron chi connectivity index (χ4n) is 3.01. The van der Waals surface area contributed by atoms with E-state index >= 15 is 0 Å². The lowest BCUT2D eigenvalue weighted by Crippen LogP contribution is -2.28. The fraction of sp³-hybridized carbons (Fsp3) is 0.391. The van der Waals surface area contributed by atoms with Gasteiger partial charge in [-0.2, -0.15) is 0 Å². The lowest BCUT2D eigenvalue weighted by Gasteiger charge is -2.25. The first-order valence-electron chi connectivity index (χ1n) is 9.88. The molecule has 0 saturated heterocycles. The van der Waals surface area contributed by atoms with Gasteiger partial charge < -0.3 is 14.9 Å². The van der Waals surface area contributed by atoms with Crippen molar-refractivity contribution >= 4 is 17.4 Å². The normalized spacial score (nSPS) is 12.3. The van der Waals surface area contributed by atoms with Crippen molar-refractivity contribution in [3.63, 3.8) is 0 Å². The van der Waals surface area contributed by atoms with E-state index in [1.807, 2.05) is 32.0 Å². The molecule has 0 fully saturated rings. The number of nitro benzene ring substituents is 1. The van der Waals surface area contributed by atoms with Crippen LogP contribution in [0.5, 0.6) is 11.5 Å². The highest BCUT2D eigenvalue weighted by Gasteiger charge is 2.30. The van der Waals surface area contributed by atoms with Crippen LogP contribution in [0.25, 0.3) is 0 Å². The Morgan fingerprint density at radius 2 is 1.84 bits per heavy atom. The molecule has 166 valence electrons. The molecule has 2 N–H and O–H groups in total. The van der Waals surface area contributed by atoms with Crippen LogP contribution in [0, 0.1) is 29.4 Å². The minimum atomic E-state index is -0.996. The van der Waals surface area contributed by atoms with Gasteiger partial charge in [0.2, 0.25) is 0 Å². The van der Waals surface area contributed by atoms with Crippen LogP contribution in [-0.2, 0) is 4.79 Å². The van der Waals surface area contributed by atoms with Crippen LogP contribution in [0.4, 0.5) is 5.69 Å². The highest BCUT2D eigenvalue weighted by atomic mass is 16.6. The maximum absolute atomic E-state index is 12.8. The number of rotatable bonds is 10. The summed E-state index contributed by atoms with van der Waals surface area (Å²) in [5.41, 5.74) is 0.386. The molecule has 8 heteroatoms. The van der Waals surface area contributed by atoms with E-state index < -0.39 is 39.6 Å². The van der Waals surface area contributed by atoms with Gasteiger partial charge in [-0.15, -0.1) is 0 Å². The predicted octanol–water partition coefficient (Wildman–Crippen LogP) is 4.83. The van der Waals surface area contributed by atoms with Crippen molar-refractivity contribution in [3.8, 4) is 11.5 Å². The van der Waals surface area contributed by atoms with Crippen molar-refractivity contribution < 1.29 is 29.5 Å². The molecule has 0 amide bonds. The number of benzene rings is 2. The van der Waals surface area contributed by atoms with Crippen molar-refractivity contribution in [2.75, 3.05) is 0 Å². The van der Waals surface area contributed by atoms with Gasteiger partial charge in [-0.3, -0.25) is 19.7 Å². The third-order valence-electron chi connectivity index (χ3n) is 5.21. The molecule has 1 unspecified atom stereocenters. The summed E-state index contributed by atoms with van der Waals surface area (Å²) < 4.78 is 6.10. The van der Waals surface area contributed by atoms with Gasteiger partial charge in [-0.1, -0.05) is 12.1 Å². The number of aryl methyl sites for hydroxylation is 2. The van der Waals surface area contributed by atoms with E-state index in [2.05, 4.69) is 0 Å². The quantitative estimate of drug-likeness (QED) is 0.315. The third-order valence-corrected chi connectivity index (χ3v) is 5.21. The molecule has 2 rings (SSSR count). The zero-order valence-electron chi connectivity index (χ0n) is 18.0. The van der Waals surface area contributed by atoms with E-state index in [1.54, 1.807) is 13.8 Å². The molecule has 0 aliphatic heterocycles. The molecule has 2 aromatic carbocycles. The molecule has 1 atom stereocenters. The van der Waals surface area contributed by atoms with Gasteiger partial charge in [0.05, 0.1) is 10.3 Å². The molecule has 2 aromatic rings. The van der Waals surface area contributed by atoms with Crippen molar-refractivity contribution in [3.05, 3.63) is 63.2 Å². The minimum Gasteiger partial charge on any atom is -0.502 e. The minimum absolute atomic E-state index is 0.0801. The summed E-state index contributed by atoms with van der Waals surface area (Å²) in [5, 5.41) is 30.1. The van der Waals surface area contributed by atoms with Crippen LogP contribution < -0.4 is 4.74 Å². The van der Waals surface area contributed by atoms with Crippen LogP contribution in [0.2, 0.25) is 0 Å². The fourth-order valence-corrected chi connectivity index (χ4v) is 3.01. The lowest BCUT2D eigenvalue weighted by atomic mass is 9.86. The number of hydrogen-bond donors (Lipinski definition) is 2. The summed E-state index contributed by atoms with van der Waals surface area (Å²) in [6.45, 7) is 7.00. The first-order chi connectivity index (χ1) is 14.4. The number of aliphatic carboxylic acids is 1. The lowest BCUT2D eigenvalue weighted by molar-refractivity contribution is -0.385. The molecule has 0 heterocycles. The number of phenols is 1. The van der Waals surface area contributed by atoms with Crippen molar-refractivity contribution in [1.82, 2.24) is 0 Å². The summed E-state index contributed by atoms with van der Waals surface area (Å²) >= 11 is 0. The number of ketones is 1. The van der Waals surface area contributed by atoms with E-state index in [4.69, 9.17) is 4.74 Å². The standard InChI is InChI=1S/C23H27NO7/c1-14-5-6-15(2)21(11-14)31-17(9-10-23(3,4)22(27)28)13-20(26)16-7-8-19(25)18(12-16)24(29)30/h5-8,11-12,17,25H,9-10,13H2,1-4H3,(H,27,28). The van der Waals surface area contributed by atoms with Gasteiger partial charge in [0.1, 0.15) is 11.9 Å². The SMILES string of the molecule is Cc1ccc(C)c(OC(CCC(C)(C)C(=O)O)CC(=O)c2ccc(O)c([N+](=O)[O-])c2)c1. The molecule has 0 bridgehead atoms. The summed E-state index contributed by atoms with van der Waals surface area (Å²) in [4.78, 5) is 34.6. The number of aromatic hydroxyl groups is 1. The Morgan fingerprint density at radius 3 is 2.45 bits per heavy atom. The highest BCUT2D eigenvalue weighted by molar-refractivity contribution is 5.97. The molecular formula is C23H27NO7. The van der Waals surface area contributed by atoms with Gasteiger partial charge in [0, 0.05) is 18.1 Å². The van der Waals surface area contributed by atoms with E-state index in [0.29, 0.717) is 12.2 Å². The summed E-state index contributed by atoms with van der Waals surface area (Å²) in [6.07, 6.45) is -0.135. The first-order valence-corrected chi connectivity index (χ1v) is 9.88. The van der Waals surface area contributed by atoms with Gasteiger partial charge in [0.15, 0.2) is 11.5 Å². The molecular weight excluding hydrogens is 402 g/mol. The maximum Gasteiger partial charge on any atom is 0.311 e. The first kappa shape index (κ1) is 23.9. The van der Waals surface area contributed by atoms with Crippen molar-refractivity contribution in [1.29, 1.82) is 0 Å². The second kappa shape index (κ2) is 9.59. The van der Waals surface area contributed by atoms with E-state index in [1.165, 1.54) is 6.07 Å². The molecule has 0 aliphatic carbocycles. The number of nitrogens with zero attached hydrogens (tertiary/aromatic N) is 1. The largest absolute Gasteiger partial charge is 0.502 e. The Labute approximate surface area is 180 Å². The number of carbonyl (C=O) groups is 2. The highest BCUT2D eigenvalue weighted by Crippen LogP contribution is 2.30. The molecule has 0 radical (unpaired) electrons. The van der Waals surface area contributed by atoms with E-state index in [-0.39, 0.29) is 18.4 Å². The maximum atomic E-state index is 12.8. The molecule has 0 aromatic heterocycles. The van der Waals surface area contributed by atoms with Crippen LogP contribution in [0.3, 0.4) is 0 Å². The van der Waals surface area contributed by atoms with Gasteiger partial charge in [-0.25, -0.2) is 0 Å². The molecule has 0 saturated carbocycles. The Kier molecular flexibility index (Phi) is 7.38. The van der Waals surface area contributed by atoms with Crippen molar-refractivity contribution in [2.45, 2.75) is 53.1 Å². The zero-order chi connectivity index (χ0) is 23.3. The Balaban J connectivity index is 2.28.